The minimum absolute atomic E-state index is 0.327. The summed E-state index contributed by atoms with van der Waals surface area (Å²) >= 11 is 0. The van der Waals surface area contributed by atoms with Crippen LogP contribution in [0.15, 0.2) is 24.3 Å². The fourth-order valence-electron chi connectivity index (χ4n) is 3.42. The third-order valence-corrected chi connectivity index (χ3v) is 5.26. The quantitative estimate of drug-likeness (QED) is 0.880. The van der Waals surface area contributed by atoms with Crippen LogP contribution in [0.5, 0.6) is 0 Å². The lowest BCUT2D eigenvalue weighted by molar-refractivity contribution is 0.0236. The Morgan fingerprint density at radius 2 is 1.90 bits per heavy atom. The minimum Gasteiger partial charge on any atom is -0.311 e. The van der Waals surface area contributed by atoms with Gasteiger partial charge in [-0.3, -0.25) is 4.90 Å². The van der Waals surface area contributed by atoms with Crippen LogP contribution < -0.4 is 5.32 Å². The average Bonchev–Trinajstić information content (AvgIpc) is 2.49. The van der Waals surface area contributed by atoms with E-state index in [0.29, 0.717) is 11.6 Å². The van der Waals surface area contributed by atoms with Gasteiger partial charge in [0.25, 0.3) is 0 Å². The lowest BCUT2D eigenvalue weighted by Crippen LogP contribution is -2.63. The van der Waals surface area contributed by atoms with Crippen LogP contribution in [-0.2, 0) is 6.54 Å². The van der Waals surface area contributed by atoms with Gasteiger partial charge in [0.15, 0.2) is 0 Å². The summed E-state index contributed by atoms with van der Waals surface area (Å²) in [6.45, 7) is 12.6. The number of nitrogens with zero attached hydrogens (tertiary/aromatic N) is 1. The lowest BCUT2D eigenvalue weighted by Gasteiger charge is -2.50. The molecule has 1 aliphatic rings. The van der Waals surface area contributed by atoms with E-state index < -0.39 is 0 Å². The number of aryl methyl sites for hydroxylation is 1. The van der Waals surface area contributed by atoms with Crippen LogP contribution in [0.3, 0.4) is 0 Å². The molecule has 0 radical (unpaired) electrons. The van der Waals surface area contributed by atoms with E-state index in [0.717, 1.165) is 13.1 Å². The van der Waals surface area contributed by atoms with Crippen molar-refractivity contribution in [3.63, 3.8) is 0 Å². The standard InChI is InChI=1S/C18H30N2/c1-5-17-13-20(18(6-2,7-3)14-19-17)12-16-11-9-8-10-15(16)4/h8-11,17,19H,5-7,12-14H2,1-4H3. The molecule has 0 saturated carbocycles. The molecule has 1 N–H and O–H groups in total. The van der Waals surface area contributed by atoms with E-state index in [1.807, 2.05) is 0 Å². The second-order valence-corrected chi connectivity index (χ2v) is 6.22. The van der Waals surface area contributed by atoms with Crippen molar-refractivity contribution < 1.29 is 0 Å². The monoisotopic (exact) mass is 274 g/mol. The number of hydrogen-bond donors (Lipinski definition) is 1. The highest BCUT2D eigenvalue weighted by Crippen LogP contribution is 2.29. The van der Waals surface area contributed by atoms with E-state index in [4.69, 9.17) is 0 Å². The Bertz CT molecular complexity index is 423. The molecule has 2 rings (SSSR count). The van der Waals surface area contributed by atoms with Crippen molar-refractivity contribution in [3.05, 3.63) is 35.4 Å². The van der Waals surface area contributed by atoms with Gasteiger partial charge in [0, 0.05) is 31.2 Å². The molecular formula is C18H30N2. The molecule has 0 aromatic heterocycles. The van der Waals surface area contributed by atoms with Gasteiger partial charge in [-0.15, -0.1) is 0 Å². The number of piperazine rings is 1. The Labute approximate surface area is 124 Å². The van der Waals surface area contributed by atoms with Crippen LogP contribution in [0.1, 0.15) is 51.2 Å². The first-order chi connectivity index (χ1) is 9.65. The molecule has 0 bridgehead atoms. The molecule has 1 saturated heterocycles. The van der Waals surface area contributed by atoms with Crippen LogP contribution in [-0.4, -0.2) is 29.6 Å². The van der Waals surface area contributed by atoms with Crippen LogP contribution in [0.2, 0.25) is 0 Å². The minimum atomic E-state index is 0.327. The number of nitrogens with one attached hydrogen (secondary N) is 1. The first-order valence-electron chi connectivity index (χ1n) is 8.18. The van der Waals surface area contributed by atoms with Crippen molar-refractivity contribution in [2.45, 2.75) is 65.1 Å². The van der Waals surface area contributed by atoms with Crippen LogP contribution in [0.25, 0.3) is 0 Å². The maximum absolute atomic E-state index is 3.75. The van der Waals surface area contributed by atoms with Crippen molar-refractivity contribution in [1.29, 1.82) is 0 Å². The zero-order chi connectivity index (χ0) is 14.6. The van der Waals surface area contributed by atoms with Crippen LogP contribution >= 0.6 is 0 Å². The summed E-state index contributed by atoms with van der Waals surface area (Å²) in [6, 6.07) is 9.47. The summed E-state index contributed by atoms with van der Waals surface area (Å²) in [7, 11) is 0. The Balaban J connectivity index is 2.21. The van der Waals surface area contributed by atoms with Gasteiger partial charge in [-0.2, -0.15) is 0 Å². The Kier molecular flexibility index (Phi) is 5.22. The summed E-state index contributed by atoms with van der Waals surface area (Å²) in [4.78, 5) is 2.74. The first-order valence-corrected chi connectivity index (χ1v) is 8.18. The van der Waals surface area contributed by atoms with Gasteiger partial charge < -0.3 is 5.32 Å². The molecule has 20 heavy (non-hydrogen) atoms. The summed E-state index contributed by atoms with van der Waals surface area (Å²) < 4.78 is 0. The predicted molar refractivity (Wildman–Crippen MR) is 87.0 cm³/mol. The highest BCUT2D eigenvalue weighted by molar-refractivity contribution is 5.26. The highest BCUT2D eigenvalue weighted by atomic mass is 15.3. The molecule has 2 heteroatoms. The smallest absolute Gasteiger partial charge is 0.0333 e. The Morgan fingerprint density at radius 3 is 2.50 bits per heavy atom. The third kappa shape index (κ3) is 3.07. The SMILES string of the molecule is CCC1CN(Cc2ccccc2C)C(CC)(CC)CN1. The fourth-order valence-corrected chi connectivity index (χ4v) is 3.42. The zero-order valence-electron chi connectivity index (χ0n) is 13.6. The van der Waals surface area contributed by atoms with Gasteiger partial charge in [0.1, 0.15) is 0 Å². The van der Waals surface area contributed by atoms with Crippen molar-refractivity contribution >= 4 is 0 Å². The lowest BCUT2D eigenvalue weighted by atomic mass is 9.86. The van der Waals surface area contributed by atoms with E-state index in [-0.39, 0.29) is 0 Å². The van der Waals surface area contributed by atoms with E-state index in [2.05, 4.69) is 62.2 Å². The second-order valence-electron chi connectivity index (χ2n) is 6.22. The molecule has 1 atom stereocenters. The van der Waals surface area contributed by atoms with Crippen molar-refractivity contribution in [2.75, 3.05) is 13.1 Å². The number of benzene rings is 1. The van der Waals surface area contributed by atoms with Gasteiger partial charge in [-0.25, -0.2) is 0 Å². The van der Waals surface area contributed by atoms with Crippen molar-refractivity contribution in [2.24, 2.45) is 0 Å². The van der Waals surface area contributed by atoms with E-state index in [1.54, 1.807) is 0 Å². The van der Waals surface area contributed by atoms with Crippen molar-refractivity contribution in [1.82, 2.24) is 10.2 Å². The van der Waals surface area contributed by atoms with Crippen molar-refractivity contribution in [3.8, 4) is 0 Å². The van der Waals surface area contributed by atoms with Gasteiger partial charge in [-0.1, -0.05) is 45.0 Å². The molecular weight excluding hydrogens is 244 g/mol. The van der Waals surface area contributed by atoms with E-state index >= 15 is 0 Å². The maximum atomic E-state index is 3.75. The van der Waals surface area contributed by atoms with Crippen LogP contribution in [0.4, 0.5) is 0 Å². The maximum Gasteiger partial charge on any atom is 0.0333 e. The summed E-state index contributed by atoms with van der Waals surface area (Å²) in [5, 5.41) is 3.75. The molecule has 0 aliphatic carbocycles. The predicted octanol–water partition coefficient (Wildman–Crippen LogP) is 3.74. The fraction of sp³-hybridized carbons (Fsp3) is 0.667. The van der Waals surface area contributed by atoms with Gasteiger partial charge in [-0.05, 0) is 37.3 Å². The molecule has 0 spiro atoms. The summed E-state index contributed by atoms with van der Waals surface area (Å²) in [5.41, 5.74) is 3.23. The molecule has 1 fully saturated rings. The second kappa shape index (κ2) is 6.73. The first kappa shape index (κ1) is 15.5. The molecule has 1 aromatic rings. The largest absolute Gasteiger partial charge is 0.311 e. The molecule has 1 aliphatic heterocycles. The van der Waals surface area contributed by atoms with Gasteiger partial charge >= 0.3 is 0 Å². The van der Waals surface area contributed by atoms with Gasteiger partial charge in [0.2, 0.25) is 0 Å². The Morgan fingerprint density at radius 1 is 1.20 bits per heavy atom. The molecule has 112 valence electrons. The van der Waals surface area contributed by atoms with E-state index in [1.165, 1.54) is 36.9 Å². The molecule has 2 nitrogen and oxygen atoms in total. The highest BCUT2D eigenvalue weighted by Gasteiger charge is 2.38. The normalized spacial score (nSPS) is 22.9. The topological polar surface area (TPSA) is 15.3 Å². The zero-order valence-corrected chi connectivity index (χ0v) is 13.6. The average molecular weight is 274 g/mol. The van der Waals surface area contributed by atoms with E-state index in [9.17, 15) is 0 Å². The number of hydrogen-bond acceptors (Lipinski definition) is 2. The molecule has 1 unspecified atom stereocenters. The summed E-state index contributed by atoms with van der Waals surface area (Å²) in [6.07, 6.45) is 3.66. The number of rotatable bonds is 5. The molecule has 1 aromatic carbocycles. The third-order valence-electron chi connectivity index (χ3n) is 5.26. The van der Waals surface area contributed by atoms with Crippen LogP contribution in [0, 0.1) is 6.92 Å². The Hall–Kier alpha value is -0.860. The molecule has 0 amide bonds. The van der Waals surface area contributed by atoms with Gasteiger partial charge in [0.05, 0.1) is 0 Å². The summed E-state index contributed by atoms with van der Waals surface area (Å²) in [5.74, 6) is 0. The molecule has 1 heterocycles.